The van der Waals surface area contributed by atoms with Crippen LogP contribution in [0.5, 0.6) is 0 Å². The summed E-state index contributed by atoms with van der Waals surface area (Å²) in [5, 5.41) is 4.27. The molecule has 0 aliphatic rings. The Morgan fingerprint density at radius 1 is 1.24 bits per heavy atom. The van der Waals surface area contributed by atoms with Gasteiger partial charge in [0, 0.05) is 15.2 Å². The van der Waals surface area contributed by atoms with Crippen LogP contribution in [-0.2, 0) is 9.53 Å². The Labute approximate surface area is 141 Å². The predicted octanol–water partition coefficient (Wildman–Crippen LogP) is 5.08. The molecular weight excluding hydrogens is 377 g/mol. The molecule has 110 valence electrons. The van der Waals surface area contributed by atoms with Crippen molar-refractivity contribution in [1.82, 2.24) is 0 Å². The van der Waals surface area contributed by atoms with Crippen LogP contribution in [0.25, 0.3) is 0 Å². The molecule has 2 aromatic carbocycles. The zero-order valence-electron chi connectivity index (χ0n) is 11.1. The summed E-state index contributed by atoms with van der Waals surface area (Å²) in [5.41, 5.74) is 1.46. The van der Waals surface area contributed by atoms with Gasteiger partial charge in [0.25, 0.3) is 0 Å². The average Bonchev–Trinajstić information content (AvgIpc) is 2.47. The van der Waals surface area contributed by atoms with Crippen LogP contribution in [0.3, 0.4) is 0 Å². The van der Waals surface area contributed by atoms with Gasteiger partial charge in [-0.05, 0) is 51.8 Å². The van der Waals surface area contributed by atoms with Crippen LogP contribution in [0.2, 0.25) is 10.0 Å². The monoisotopic (exact) mass is 387 g/mol. The van der Waals surface area contributed by atoms with Crippen molar-refractivity contribution in [3.05, 3.63) is 62.5 Å². The van der Waals surface area contributed by atoms with Crippen molar-refractivity contribution in [2.75, 3.05) is 12.4 Å². The minimum Gasteiger partial charge on any atom is -0.467 e. The number of nitrogens with one attached hydrogen (secondary N) is 1. The van der Waals surface area contributed by atoms with E-state index in [0.717, 1.165) is 15.7 Å². The molecule has 0 bridgehead atoms. The van der Waals surface area contributed by atoms with Crippen LogP contribution in [0.15, 0.2) is 46.9 Å². The van der Waals surface area contributed by atoms with Gasteiger partial charge in [0.2, 0.25) is 0 Å². The molecule has 0 radical (unpaired) electrons. The number of anilines is 1. The van der Waals surface area contributed by atoms with Gasteiger partial charge in [0.15, 0.2) is 6.04 Å². The van der Waals surface area contributed by atoms with E-state index in [1.54, 1.807) is 36.4 Å². The van der Waals surface area contributed by atoms with Gasteiger partial charge in [-0.1, -0.05) is 35.3 Å². The predicted molar refractivity (Wildman–Crippen MR) is 89.0 cm³/mol. The zero-order chi connectivity index (χ0) is 15.4. The molecule has 0 saturated heterocycles. The molecule has 0 spiro atoms. The van der Waals surface area contributed by atoms with Crippen LogP contribution in [0.1, 0.15) is 11.6 Å². The number of ether oxygens (including phenoxy) is 1. The Bertz CT molecular complexity index is 664. The lowest BCUT2D eigenvalue weighted by Gasteiger charge is -2.18. The molecule has 0 amide bonds. The Balaban J connectivity index is 2.32. The van der Waals surface area contributed by atoms with Gasteiger partial charge in [-0.2, -0.15) is 0 Å². The average molecular weight is 389 g/mol. The van der Waals surface area contributed by atoms with Crippen LogP contribution in [-0.4, -0.2) is 13.1 Å². The summed E-state index contributed by atoms with van der Waals surface area (Å²) < 4.78 is 5.59. The Hall–Kier alpha value is -1.23. The third kappa shape index (κ3) is 4.13. The van der Waals surface area contributed by atoms with E-state index in [2.05, 4.69) is 21.2 Å². The third-order valence-corrected chi connectivity index (χ3v) is 4.30. The fourth-order valence-electron chi connectivity index (χ4n) is 1.83. The Kier molecular flexibility index (Phi) is 5.51. The smallest absolute Gasteiger partial charge is 0.332 e. The molecule has 3 nitrogen and oxygen atoms in total. The summed E-state index contributed by atoms with van der Waals surface area (Å²) in [7, 11) is 1.35. The fourth-order valence-corrected chi connectivity index (χ4v) is 2.53. The molecule has 1 atom stereocenters. The summed E-state index contributed by atoms with van der Waals surface area (Å²) >= 11 is 15.3. The van der Waals surface area contributed by atoms with Gasteiger partial charge in [0.05, 0.1) is 12.1 Å². The van der Waals surface area contributed by atoms with Crippen LogP contribution < -0.4 is 5.32 Å². The molecule has 0 fully saturated rings. The Morgan fingerprint density at radius 2 is 2.00 bits per heavy atom. The zero-order valence-corrected chi connectivity index (χ0v) is 14.2. The molecule has 6 heteroatoms. The molecule has 2 aromatic rings. The molecule has 1 N–H and O–H groups in total. The summed E-state index contributed by atoms with van der Waals surface area (Å²) in [6.45, 7) is 0. The first kappa shape index (κ1) is 16.1. The van der Waals surface area contributed by atoms with Crippen molar-refractivity contribution in [3.63, 3.8) is 0 Å². The molecule has 0 aromatic heterocycles. The molecule has 21 heavy (non-hydrogen) atoms. The number of halogens is 3. The lowest BCUT2D eigenvalue weighted by atomic mass is 10.1. The first-order chi connectivity index (χ1) is 10.0. The van der Waals surface area contributed by atoms with Crippen molar-refractivity contribution in [3.8, 4) is 0 Å². The van der Waals surface area contributed by atoms with Crippen molar-refractivity contribution in [2.45, 2.75) is 6.04 Å². The van der Waals surface area contributed by atoms with E-state index < -0.39 is 12.0 Å². The van der Waals surface area contributed by atoms with Gasteiger partial charge >= 0.3 is 5.97 Å². The number of benzene rings is 2. The number of methoxy groups -OCH3 is 1. The molecular formula is C15H12BrCl2NO2. The number of hydrogen-bond acceptors (Lipinski definition) is 3. The van der Waals surface area contributed by atoms with E-state index in [1.165, 1.54) is 7.11 Å². The highest BCUT2D eigenvalue weighted by Crippen LogP contribution is 2.29. The van der Waals surface area contributed by atoms with E-state index >= 15 is 0 Å². The SMILES string of the molecule is COC(=O)C(Nc1ccc(Cl)c(Br)c1)c1cccc(Cl)c1. The minimum absolute atomic E-state index is 0.400. The number of rotatable bonds is 4. The maximum absolute atomic E-state index is 12.0. The second-order valence-electron chi connectivity index (χ2n) is 4.28. The highest BCUT2D eigenvalue weighted by Gasteiger charge is 2.21. The quantitative estimate of drug-likeness (QED) is 0.742. The third-order valence-electron chi connectivity index (χ3n) is 2.85. The summed E-state index contributed by atoms with van der Waals surface area (Å²) in [6, 6.07) is 11.7. The summed E-state index contributed by atoms with van der Waals surface area (Å²) in [6.07, 6.45) is 0. The standard InChI is InChI=1S/C15H12BrCl2NO2/c1-21-15(20)14(9-3-2-4-10(17)7-9)19-11-5-6-13(18)12(16)8-11/h2-8,14,19H,1H3. The second kappa shape index (κ2) is 7.16. The maximum atomic E-state index is 12.0. The van der Waals surface area contributed by atoms with Crippen LogP contribution in [0, 0.1) is 0 Å². The van der Waals surface area contributed by atoms with Gasteiger partial charge in [-0.15, -0.1) is 0 Å². The number of hydrogen-bond donors (Lipinski definition) is 1. The van der Waals surface area contributed by atoms with Crippen LogP contribution >= 0.6 is 39.1 Å². The van der Waals surface area contributed by atoms with E-state index in [4.69, 9.17) is 27.9 Å². The van der Waals surface area contributed by atoms with Crippen molar-refractivity contribution >= 4 is 50.8 Å². The number of esters is 1. The van der Waals surface area contributed by atoms with Gasteiger partial charge < -0.3 is 10.1 Å². The molecule has 1 unspecified atom stereocenters. The summed E-state index contributed by atoms with van der Waals surface area (Å²) in [4.78, 5) is 12.0. The van der Waals surface area contributed by atoms with Crippen LogP contribution in [0.4, 0.5) is 5.69 Å². The molecule has 0 aliphatic carbocycles. The minimum atomic E-state index is -0.651. The van der Waals surface area contributed by atoms with Crippen molar-refractivity contribution < 1.29 is 9.53 Å². The topological polar surface area (TPSA) is 38.3 Å². The van der Waals surface area contributed by atoms with E-state index in [-0.39, 0.29) is 0 Å². The van der Waals surface area contributed by atoms with Gasteiger partial charge in [-0.3, -0.25) is 0 Å². The first-order valence-electron chi connectivity index (χ1n) is 6.06. The van der Waals surface area contributed by atoms with Gasteiger partial charge in [-0.25, -0.2) is 4.79 Å². The molecule has 2 rings (SSSR count). The fraction of sp³-hybridized carbons (Fsp3) is 0.133. The van der Waals surface area contributed by atoms with E-state index in [9.17, 15) is 4.79 Å². The number of carbonyl (C=O) groups is 1. The Morgan fingerprint density at radius 3 is 2.62 bits per heavy atom. The van der Waals surface area contributed by atoms with Crippen molar-refractivity contribution in [2.24, 2.45) is 0 Å². The van der Waals surface area contributed by atoms with Crippen molar-refractivity contribution in [1.29, 1.82) is 0 Å². The molecule has 0 aliphatic heterocycles. The maximum Gasteiger partial charge on any atom is 0.332 e. The van der Waals surface area contributed by atoms with E-state index in [0.29, 0.717) is 10.0 Å². The normalized spacial score (nSPS) is 11.8. The molecule has 0 saturated carbocycles. The second-order valence-corrected chi connectivity index (χ2v) is 5.98. The lowest BCUT2D eigenvalue weighted by molar-refractivity contribution is -0.141. The largest absolute Gasteiger partial charge is 0.467 e. The summed E-state index contributed by atoms with van der Waals surface area (Å²) in [5.74, 6) is -0.400. The number of carbonyl (C=O) groups excluding carboxylic acids is 1. The molecule has 0 heterocycles. The highest BCUT2D eigenvalue weighted by atomic mass is 79.9. The highest BCUT2D eigenvalue weighted by molar-refractivity contribution is 9.10. The van der Waals surface area contributed by atoms with Gasteiger partial charge in [0.1, 0.15) is 0 Å². The van der Waals surface area contributed by atoms with E-state index in [1.807, 2.05) is 6.07 Å². The lowest BCUT2D eigenvalue weighted by Crippen LogP contribution is -2.22. The first-order valence-corrected chi connectivity index (χ1v) is 7.61.